The molecule has 0 aliphatic carbocycles. The van der Waals surface area contributed by atoms with Gasteiger partial charge in [-0.15, -0.1) is 0 Å². The Kier molecular flexibility index (Phi) is 7.26. The summed E-state index contributed by atoms with van der Waals surface area (Å²) in [6.07, 6.45) is -3.07. The van der Waals surface area contributed by atoms with Gasteiger partial charge in [0.1, 0.15) is 17.1 Å². The van der Waals surface area contributed by atoms with Crippen LogP contribution in [0.15, 0.2) is 45.6 Å². The van der Waals surface area contributed by atoms with Gasteiger partial charge in [0, 0.05) is 13.1 Å². The summed E-state index contributed by atoms with van der Waals surface area (Å²) in [5, 5.41) is 10.3. The third-order valence-corrected chi connectivity index (χ3v) is 6.06. The van der Waals surface area contributed by atoms with E-state index < -0.39 is 29.1 Å². The van der Waals surface area contributed by atoms with Crippen LogP contribution in [0.4, 0.5) is 13.2 Å². The predicted molar refractivity (Wildman–Crippen MR) is 125 cm³/mol. The van der Waals surface area contributed by atoms with Gasteiger partial charge in [0.15, 0.2) is 0 Å². The number of carbonyl (C=O) groups is 1. The van der Waals surface area contributed by atoms with Gasteiger partial charge >= 0.3 is 12.1 Å². The third-order valence-electron chi connectivity index (χ3n) is 6.06. The lowest BCUT2D eigenvalue weighted by atomic mass is 9.99. The zero-order valence-electron chi connectivity index (χ0n) is 19.9. The molecule has 0 amide bonds. The maximum atomic E-state index is 14.0. The monoisotopic (exact) mass is 505 g/mol. The lowest BCUT2D eigenvalue weighted by molar-refractivity contribution is -0.154. The van der Waals surface area contributed by atoms with Crippen LogP contribution in [0.2, 0.25) is 0 Å². The van der Waals surface area contributed by atoms with Crippen LogP contribution in [0.3, 0.4) is 0 Å². The van der Waals surface area contributed by atoms with Crippen LogP contribution >= 0.6 is 0 Å². The molecule has 0 radical (unpaired) electrons. The molecule has 4 rings (SSSR count). The second-order valence-electron chi connectivity index (χ2n) is 8.86. The number of carbonyl (C=O) groups excluding carboxylic acids is 1. The first-order valence-electron chi connectivity index (χ1n) is 11.6. The molecule has 3 aromatic rings. The van der Waals surface area contributed by atoms with Crippen LogP contribution in [-0.2, 0) is 17.5 Å². The minimum absolute atomic E-state index is 0.0958. The Morgan fingerprint density at radius 3 is 2.56 bits per heavy atom. The van der Waals surface area contributed by atoms with Crippen LogP contribution in [0.5, 0.6) is 17.2 Å². The topological polar surface area (TPSA) is 89.2 Å². The van der Waals surface area contributed by atoms with Crippen molar-refractivity contribution in [1.29, 1.82) is 0 Å². The van der Waals surface area contributed by atoms with E-state index in [1.165, 1.54) is 36.4 Å². The molecule has 36 heavy (non-hydrogen) atoms. The van der Waals surface area contributed by atoms with Gasteiger partial charge in [-0.2, -0.15) is 13.2 Å². The standard InChI is InChI=1S/C26H26F3NO6/c1-3-34-25(33)16-6-8-17(9-7-16)35-23-21(32)18-10-11-20(31)19(14-30-12-4-5-15(2)13-30)22(18)36-24(23)26(27,28)29/h6-11,15,31H,3-5,12-14H2,1-2H3/t15-/m0/s1. The molecule has 7 nitrogen and oxygen atoms in total. The molecular formula is C26H26F3NO6. The van der Waals surface area contributed by atoms with Crippen LogP contribution in [0, 0.1) is 5.92 Å². The molecule has 0 spiro atoms. The number of likely N-dealkylation sites (tertiary alicyclic amines) is 1. The smallest absolute Gasteiger partial charge is 0.453 e. The van der Waals surface area contributed by atoms with Crippen LogP contribution < -0.4 is 10.2 Å². The van der Waals surface area contributed by atoms with Gasteiger partial charge in [0.25, 0.3) is 5.76 Å². The molecule has 1 aliphatic rings. The number of esters is 1. The summed E-state index contributed by atoms with van der Waals surface area (Å²) < 4.78 is 57.5. The van der Waals surface area contributed by atoms with Gasteiger partial charge in [-0.25, -0.2) is 4.79 Å². The number of alkyl halides is 3. The third kappa shape index (κ3) is 5.33. The van der Waals surface area contributed by atoms with Gasteiger partial charge in [0.2, 0.25) is 11.2 Å². The first-order valence-corrected chi connectivity index (χ1v) is 11.6. The fraction of sp³-hybridized carbons (Fsp3) is 0.385. The second-order valence-corrected chi connectivity index (χ2v) is 8.86. The summed E-state index contributed by atoms with van der Waals surface area (Å²) >= 11 is 0. The average molecular weight is 505 g/mol. The average Bonchev–Trinajstić information content (AvgIpc) is 2.82. The SMILES string of the molecule is CCOC(=O)c1ccc(Oc2c(C(F)(F)F)oc3c(CN4CCC[C@H](C)C4)c(O)ccc3c2=O)cc1. The molecule has 0 bridgehead atoms. The molecule has 0 saturated carbocycles. The highest BCUT2D eigenvalue weighted by molar-refractivity contribution is 5.89. The van der Waals surface area contributed by atoms with E-state index >= 15 is 0 Å². The lowest BCUT2D eigenvalue weighted by Crippen LogP contribution is -2.33. The van der Waals surface area contributed by atoms with E-state index in [2.05, 4.69) is 6.92 Å². The van der Waals surface area contributed by atoms with Gasteiger partial charge in [-0.3, -0.25) is 9.69 Å². The highest BCUT2D eigenvalue weighted by Crippen LogP contribution is 2.40. The fourth-order valence-corrected chi connectivity index (χ4v) is 4.36. The molecule has 1 N–H and O–H groups in total. The van der Waals surface area contributed by atoms with E-state index in [0.29, 0.717) is 5.92 Å². The Morgan fingerprint density at radius 2 is 1.92 bits per heavy atom. The summed E-state index contributed by atoms with van der Waals surface area (Å²) in [6.45, 7) is 5.47. The molecular weight excluding hydrogens is 479 g/mol. The largest absolute Gasteiger partial charge is 0.507 e. The molecule has 2 heterocycles. The number of phenols is 1. The van der Waals surface area contributed by atoms with Crippen molar-refractivity contribution >= 4 is 16.9 Å². The van der Waals surface area contributed by atoms with Crippen molar-refractivity contribution in [2.45, 2.75) is 39.4 Å². The quantitative estimate of drug-likeness (QED) is 0.429. The van der Waals surface area contributed by atoms with E-state index in [4.69, 9.17) is 13.9 Å². The molecule has 1 fully saturated rings. The number of fused-ring (bicyclic) bond motifs is 1. The zero-order chi connectivity index (χ0) is 26.0. The number of nitrogens with zero attached hydrogens (tertiary/aromatic N) is 1. The lowest BCUT2D eigenvalue weighted by Gasteiger charge is -2.31. The van der Waals surface area contributed by atoms with E-state index in [1.54, 1.807) is 6.92 Å². The van der Waals surface area contributed by atoms with Crippen molar-refractivity contribution in [3.8, 4) is 17.2 Å². The Labute approximate surface area is 205 Å². The van der Waals surface area contributed by atoms with Gasteiger partial charge in [-0.05, 0) is 68.6 Å². The predicted octanol–water partition coefficient (Wildman–Crippen LogP) is 5.72. The number of aromatic hydroxyl groups is 1. The number of ether oxygens (including phenoxy) is 2. The van der Waals surface area contributed by atoms with Crippen molar-refractivity contribution in [2.24, 2.45) is 5.92 Å². The summed E-state index contributed by atoms with van der Waals surface area (Å²) in [7, 11) is 0. The Bertz CT molecular complexity index is 1320. The number of hydrogen-bond acceptors (Lipinski definition) is 7. The number of halogens is 3. The molecule has 1 saturated heterocycles. The number of benzene rings is 2. The molecule has 0 unspecified atom stereocenters. The van der Waals surface area contributed by atoms with Gasteiger partial charge in [0.05, 0.1) is 23.1 Å². The fourth-order valence-electron chi connectivity index (χ4n) is 4.36. The highest BCUT2D eigenvalue weighted by atomic mass is 19.4. The molecule has 2 aromatic carbocycles. The number of rotatable bonds is 6. The number of hydrogen-bond donors (Lipinski definition) is 1. The van der Waals surface area contributed by atoms with Crippen molar-refractivity contribution in [2.75, 3.05) is 19.7 Å². The molecule has 1 aromatic heterocycles. The van der Waals surface area contributed by atoms with E-state index in [1.807, 2.05) is 4.90 Å². The Hall–Kier alpha value is -3.53. The normalized spacial score (nSPS) is 16.8. The van der Waals surface area contributed by atoms with Crippen LogP contribution in [0.25, 0.3) is 11.0 Å². The first kappa shape index (κ1) is 25.6. The van der Waals surface area contributed by atoms with Crippen molar-refractivity contribution in [1.82, 2.24) is 4.90 Å². The molecule has 10 heteroatoms. The summed E-state index contributed by atoms with van der Waals surface area (Å²) in [5.74, 6) is -3.17. The van der Waals surface area contributed by atoms with E-state index in [9.17, 15) is 27.9 Å². The summed E-state index contributed by atoms with van der Waals surface area (Å²) in [6, 6.07) is 7.65. The minimum Gasteiger partial charge on any atom is -0.507 e. The van der Waals surface area contributed by atoms with Crippen LogP contribution in [0.1, 0.15) is 48.4 Å². The second kappa shape index (κ2) is 10.2. The zero-order valence-corrected chi connectivity index (χ0v) is 19.9. The molecule has 1 aliphatic heterocycles. The van der Waals surface area contributed by atoms with E-state index in [0.717, 1.165) is 25.9 Å². The minimum atomic E-state index is -5.05. The van der Waals surface area contributed by atoms with Crippen molar-refractivity contribution in [3.05, 3.63) is 63.5 Å². The Morgan fingerprint density at radius 1 is 1.19 bits per heavy atom. The number of piperidine rings is 1. The maximum Gasteiger partial charge on any atom is 0.453 e. The number of phenolic OH excluding ortho intramolecular Hbond substituents is 1. The van der Waals surface area contributed by atoms with Crippen molar-refractivity contribution in [3.63, 3.8) is 0 Å². The van der Waals surface area contributed by atoms with Gasteiger partial charge in [-0.1, -0.05) is 6.92 Å². The first-order chi connectivity index (χ1) is 17.1. The molecule has 1 atom stereocenters. The maximum absolute atomic E-state index is 14.0. The highest BCUT2D eigenvalue weighted by Gasteiger charge is 2.41. The van der Waals surface area contributed by atoms with E-state index in [-0.39, 0.29) is 46.7 Å². The molecule has 192 valence electrons. The Balaban J connectivity index is 1.77. The van der Waals surface area contributed by atoms with Gasteiger partial charge < -0.3 is 19.0 Å². The van der Waals surface area contributed by atoms with Crippen LogP contribution in [-0.4, -0.2) is 35.7 Å². The van der Waals surface area contributed by atoms with Crippen molar-refractivity contribution < 1.29 is 37.0 Å². The summed E-state index contributed by atoms with van der Waals surface area (Å²) in [4.78, 5) is 27.1. The summed E-state index contributed by atoms with van der Waals surface area (Å²) in [5.41, 5.74) is -1.05.